The van der Waals surface area contributed by atoms with Gasteiger partial charge in [-0.05, 0) is 50.1 Å². The maximum atomic E-state index is 12.6. The fourth-order valence-corrected chi connectivity index (χ4v) is 3.97. The molecule has 2 atom stereocenters. The second kappa shape index (κ2) is 9.76. The summed E-state index contributed by atoms with van der Waals surface area (Å²) in [7, 11) is 1.33. The molecule has 4 rings (SSSR count). The largest absolute Gasteiger partial charge is 0.465 e. The summed E-state index contributed by atoms with van der Waals surface area (Å²) in [6.07, 6.45) is 2.09. The highest BCUT2D eigenvalue weighted by molar-refractivity contribution is 5.91. The molecule has 170 valence electrons. The number of ether oxygens (including phenoxy) is 1. The zero-order chi connectivity index (χ0) is 23.4. The van der Waals surface area contributed by atoms with Crippen LogP contribution < -0.4 is 16.3 Å². The van der Waals surface area contributed by atoms with Crippen LogP contribution in [0.4, 0.5) is 0 Å². The highest BCUT2D eigenvalue weighted by atomic mass is 16.5. The lowest BCUT2D eigenvalue weighted by atomic mass is 10.00. The molecule has 1 saturated heterocycles. The van der Waals surface area contributed by atoms with Gasteiger partial charge in [-0.1, -0.05) is 30.3 Å². The van der Waals surface area contributed by atoms with Gasteiger partial charge in [0, 0.05) is 11.3 Å². The second-order valence-electron chi connectivity index (χ2n) is 7.81. The van der Waals surface area contributed by atoms with Gasteiger partial charge in [0.1, 0.15) is 6.04 Å². The number of aryl methyl sites for hydroxylation is 1. The van der Waals surface area contributed by atoms with E-state index in [4.69, 9.17) is 5.10 Å². The number of carbonyl (C=O) groups is 2. The maximum Gasteiger partial charge on any atom is 0.337 e. The van der Waals surface area contributed by atoms with E-state index in [1.54, 1.807) is 24.3 Å². The van der Waals surface area contributed by atoms with E-state index in [1.165, 1.54) is 13.3 Å². The lowest BCUT2D eigenvalue weighted by Crippen LogP contribution is -2.41. The highest BCUT2D eigenvalue weighted by Crippen LogP contribution is 2.29. The molecule has 0 aliphatic carbocycles. The van der Waals surface area contributed by atoms with Crippen molar-refractivity contribution in [1.29, 1.82) is 0 Å². The summed E-state index contributed by atoms with van der Waals surface area (Å²) < 4.78 is 6.60. The average molecular weight is 447 g/mol. The van der Waals surface area contributed by atoms with Gasteiger partial charge in [0.15, 0.2) is 0 Å². The van der Waals surface area contributed by atoms with Crippen LogP contribution in [-0.4, -0.2) is 41.0 Å². The average Bonchev–Trinajstić information content (AvgIpc) is 3.43. The van der Waals surface area contributed by atoms with E-state index in [0.717, 1.165) is 28.2 Å². The Morgan fingerprint density at radius 3 is 2.55 bits per heavy atom. The summed E-state index contributed by atoms with van der Waals surface area (Å²) >= 11 is 0. The van der Waals surface area contributed by atoms with Crippen LogP contribution in [0, 0.1) is 13.8 Å². The molecule has 0 spiro atoms. The molecular formula is C24H26N6O3. The molecule has 1 aliphatic rings. The molecule has 2 aromatic carbocycles. The molecule has 9 heteroatoms. The Balaban J connectivity index is 1.37. The third-order valence-electron chi connectivity index (χ3n) is 5.64. The zero-order valence-electron chi connectivity index (χ0n) is 18.7. The Morgan fingerprint density at radius 1 is 1.12 bits per heavy atom. The van der Waals surface area contributed by atoms with E-state index in [-0.39, 0.29) is 11.9 Å². The van der Waals surface area contributed by atoms with Crippen LogP contribution >= 0.6 is 0 Å². The van der Waals surface area contributed by atoms with Gasteiger partial charge in [0.25, 0.3) is 5.91 Å². The summed E-state index contributed by atoms with van der Waals surface area (Å²) in [6.45, 7) is 4.01. The van der Waals surface area contributed by atoms with Crippen LogP contribution in [0.5, 0.6) is 0 Å². The number of hydrazine groups is 1. The minimum Gasteiger partial charge on any atom is -0.465 e. The number of esters is 1. The smallest absolute Gasteiger partial charge is 0.337 e. The monoisotopic (exact) mass is 446 g/mol. The molecule has 0 radical (unpaired) electrons. The first kappa shape index (κ1) is 22.4. The first-order chi connectivity index (χ1) is 16.0. The van der Waals surface area contributed by atoms with Crippen molar-refractivity contribution in [1.82, 2.24) is 26.1 Å². The molecule has 1 aliphatic heterocycles. The van der Waals surface area contributed by atoms with E-state index < -0.39 is 12.0 Å². The molecule has 0 bridgehead atoms. The number of aromatic nitrogens is 2. The molecule has 0 saturated carbocycles. The predicted octanol–water partition coefficient (Wildman–Crippen LogP) is 2.33. The van der Waals surface area contributed by atoms with E-state index in [2.05, 4.69) is 26.1 Å². The normalized spacial score (nSPS) is 17.9. The second-order valence-corrected chi connectivity index (χ2v) is 7.81. The number of rotatable bonds is 6. The third kappa shape index (κ3) is 4.84. The number of methoxy groups -OCH3 is 1. The summed E-state index contributed by atoms with van der Waals surface area (Å²) in [5, 5.41) is 8.73. The molecule has 9 nitrogen and oxygen atoms in total. The van der Waals surface area contributed by atoms with Gasteiger partial charge in [-0.3, -0.25) is 4.79 Å². The molecule has 2 unspecified atom stereocenters. The van der Waals surface area contributed by atoms with Crippen molar-refractivity contribution in [2.75, 3.05) is 7.11 Å². The number of hydrogen-bond acceptors (Lipinski definition) is 7. The van der Waals surface area contributed by atoms with Gasteiger partial charge in [-0.2, -0.15) is 10.2 Å². The molecule has 1 amide bonds. The highest BCUT2D eigenvalue weighted by Gasteiger charge is 2.33. The van der Waals surface area contributed by atoms with Gasteiger partial charge in [-0.25, -0.2) is 25.8 Å². The number of carbonyl (C=O) groups excluding carboxylic acids is 2. The van der Waals surface area contributed by atoms with Crippen molar-refractivity contribution in [2.45, 2.75) is 32.4 Å². The number of amides is 1. The van der Waals surface area contributed by atoms with Crippen molar-refractivity contribution in [3.05, 3.63) is 82.7 Å². The number of benzene rings is 2. The molecule has 3 aromatic rings. The Bertz CT molecular complexity index is 1170. The Morgan fingerprint density at radius 2 is 1.85 bits per heavy atom. The van der Waals surface area contributed by atoms with Crippen LogP contribution in [-0.2, 0) is 9.53 Å². The molecule has 33 heavy (non-hydrogen) atoms. The number of hydrogen-bond donors (Lipinski definition) is 3. The topological polar surface area (TPSA) is 110 Å². The van der Waals surface area contributed by atoms with Crippen LogP contribution in [0.1, 0.15) is 45.3 Å². The van der Waals surface area contributed by atoms with E-state index in [0.29, 0.717) is 12.0 Å². The standard InChI is InChI=1S/C24H26N6O3/c1-15-22(16(2)30(29-15)19-7-5-4-6-8-19)20-13-21(27-26-20)23(31)28-25-14-17-9-11-18(12-10-17)24(32)33-3/h4-12,14,20-21,26-27H,13H2,1-3H3,(H,28,31)/b25-14+. The predicted molar refractivity (Wildman–Crippen MR) is 124 cm³/mol. The van der Waals surface area contributed by atoms with Crippen LogP contribution in [0.15, 0.2) is 59.7 Å². The molecule has 3 N–H and O–H groups in total. The Hall–Kier alpha value is -3.82. The minimum absolute atomic E-state index is 0.0481. The van der Waals surface area contributed by atoms with E-state index >= 15 is 0 Å². The fraction of sp³-hybridized carbons (Fsp3) is 0.250. The summed E-state index contributed by atoms with van der Waals surface area (Å²) in [4.78, 5) is 24.1. The first-order valence-electron chi connectivity index (χ1n) is 10.6. The van der Waals surface area contributed by atoms with Crippen molar-refractivity contribution < 1.29 is 14.3 Å². The fourth-order valence-electron chi connectivity index (χ4n) is 3.97. The summed E-state index contributed by atoms with van der Waals surface area (Å²) in [5.41, 5.74) is 14.1. The Kier molecular flexibility index (Phi) is 6.62. The zero-order valence-corrected chi connectivity index (χ0v) is 18.7. The Labute approximate surface area is 191 Å². The van der Waals surface area contributed by atoms with Crippen molar-refractivity contribution in [3.8, 4) is 5.69 Å². The van der Waals surface area contributed by atoms with Crippen LogP contribution in [0.3, 0.4) is 0 Å². The quantitative estimate of drug-likeness (QED) is 0.305. The van der Waals surface area contributed by atoms with Crippen LogP contribution in [0.2, 0.25) is 0 Å². The molecule has 1 aromatic heterocycles. The number of nitrogens with zero attached hydrogens (tertiary/aromatic N) is 3. The maximum absolute atomic E-state index is 12.6. The minimum atomic E-state index is -0.437. The summed E-state index contributed by atoms with van der Waals surface area (Å²) in [6, 6.07) is 16.2. The number of hydrazone groups is 1. The molecule has 2 heterocycles. The summed E-state index contributed by atoms with van der Waals surface area (Å²) in [5.74, 6) is -0.640. The molecular weight excluding hydrogens is 420 g/mol. The van der Waals surface area contributed by atoms with Gasteiger partial charge in [-0.15, -0.1) is 0 Å². The van der Waals surface area contributed by atoms with Gasteiger partial charge >= 0.3 is 5.97 Å². The van der Waals surface area contributed by atoms with Gasteiger partial charge in [0.05, 0.1) is 36.3 Å². The molecule has 1 fully saturated rings. The lowest BCUT2D eigenvalue weighted by molar-refractivity contribution is -0.122. The number of nitrogens with one attached hydrogen (secondary N) is 3. The number of para-hydroxylation sites is 1. The van der Waals surface area contributed by atoms with Gasteiger partial charge in [0.2, 0.25) is 0 Å². The van der Waals surface area contributed by atoms with Crippen LogP contribution in [0.25, 0.3) is 5.69 Å². The van der Waals surface area contributed by atoms with Crippen molar-refractivity contribution in [2.24, 2.45) is 5.10 Å². The van der Waals surface area contributed by atoms with E-state index in [9.17, 15) is 9.59 Å². The lowest BCUT2D eigenvalue weighted by Gasteiger charge is -2.11. The SMILES string of the molecule is COC(=O)c1ccc(/C=N/NC(=O)C2CC(c3c(C)nn(-c4ccccc4)c3C)NN2)cc1. The van der Waals surface area contributed by atoms with Crippen molar-refractivity contribution in [3.63, 3.8) is 0 Å². The third-order valence-corrected chi connectivity index (χ3v) is 5.64. The van der Waals surface area contributed by atoms with Crippen molar-refractivity contribution >= 4 is 18.1 Å². The first-order valence-corrected chi connectivity index (χ1v) is 10.6. The van der Waals surface area contributed by atoms with Gasteiger partial charge < -0.3 is 4.74 Å². The van der Waals surface area contributed by atoms with E-state index in [1.807, 2.05) is 48.9 Å².